The third-order valence-corrected chi connectivity index (χ3v) is 5.56. The van der Waals surface area contributed by atoms with Gasteiger partial charge in [0.1, 0.15) is 0 Å². The summed E-state index contributed by atoms with van der Waals surface area (Å²) < 4.78 is 5.18. The van der Waals surface area contributed by atoms with Crippen molar-refractivity contribution < 1.29 is 9.53 Å². The molecule has 0 radical (unpaired) electrons. The maximum absolute atomic E-state index is 12.0. The predicted octanol–water partition coefficient (Wildman–Crippen LogP) is 4.82. The Labute approximate surface area is 113 Å². The van der Waals surface area contributed by atoms with E-state index in [0.29, 0.717) is 13.0 Å². The molecule has 0 aromatic heterocycles. The Hall–Kier alpha value is -0.530. The van der Waals surface area contributed by atoms with Crippen LogP contribution in [0, 0.1) is 16.2 Å². The molecule has 2 heteroatoms. The first-order valence-electron chi connectivity index (χ1n) is 7.23. The summed E-state index contributed by atoms with van der Waals surface area (Å²) in [6.07, 6.45) is 2.63. The van der Waals surface area contributed by atoms with Gasteiger partial charge in [0.2, 0.25) is 0 Å². The van der Waals surface area contributed by atoms with Crippen LogP contribution in [0.1, 0.15) is 74.7 Å². The quantitative estimate of drug-likeness (QED) is 0.610. The second-order valence-corrected chi connectivity index (χ2v) is 6.79. The maximum atomic E-state index is 12.0. The number of rotatable bonds is 7. The molecule has 0 atom stereocenters. The van der Waals surface area contributed by atoms with Crippen LogP contribution in [0.5, 0.6) is 0 Å². The zero-order chi connectivity index (χ0) is 14.6. The van der Waals surface area contributed by atoms with Crippen molar-refractivity contribution in [1.29, 1.82) is 0 Å². The normalized spacial score (nSPS) is 13.6. The highest BCUT2D eigenvalue weighted by Gasteiger charge is 2.50. The van der Waals surface area contributed by atoms with Crippen LogP contribution in [0.2, 0.25) is 0 Å². The summed E-state index contributed by atoms with van der Waals surface area (Å²) in [7, 11) is 0. The lowest BCUT2D eigenvalue weighted by Crippen LogP contribution is -2.48. The molecule has 0 saturated carbocycles. The van der Waals surface area contributed by atoms with Gasteiger partial charge < -0.3 is 4.74 Å². The molecular formula is C16H32O2. The zero-order valence-corrected chi connectivity index (χ0v) is 13.6. The number of hydrogen-bond donors (Lipinski definition) is 0. The van der Waals surface area contributed by atoms with Gasteiger partial charge in [-0.3, -0.25) is 4.79 Å². The number of esters is 1. The first kappa shape index (κ1) is 17.5. The van der Waals surface area contributed by atoms with Crippen molar-refractivity contribution in [3.8, 4) is 0 Å². The topological polar surface area (TPSA) is 26.3 Å². The number of carbonyl (C=O) groups is 1. The summed E-state index contributed by atoms with van der Waals surface area (Å²) >= 11 is 0. The molecule has 0 saturated heterocycles. The van der Waals surface area contributed by atoms with E-state index in [1.54, 1.807) is 0 Å². The molecule has 0 aliphatic rings. The summed E-state index contributed by atoms with van der Waals surface area (Å²) in [6, 6.07) is 0. The monoisotopic (exact) mass is 256 g/mol. The average molecular weight is 256 g/mol. The van der Waals surface area contributed by atoms with E-state index in [-0.39, 0.29) is 22.2 Å². The molecular weight excluding hydrogens is 224 g/mol. The van der Waals surface area contributed by atoms with E-state index in [9.17, 15) is 4.79 Å². The molecule has 0 N–H and O–H groups in total. The van der Waals surface area contributed by atoms with E-state index in [0.717, 1.165) is 12.8 Å². The average Bonchev–Trinajstić information content (AvgIpc) is 2.28. The Morgan fingerprint density at radius 3 is 1.56 bits per heavy atom. The van der Waals surface area contributed by atoms with Gasteiger partial charge in [0.15, 0.2) is 0 Å². The van der Waals surface area contributed by atoms with Crippen molar-refractivity contribution in [2.24, 2.45) is 16.2 Å². The Bertz CT molecular complexity index is 261. The van der Waals surface area contributed by atoms with Crippen LogP contribution >= 0.6 is 0 Å². The van der Waals surface area contributed by atoms with Crippen LogP contribution in [0.15, 0.2) is 0 Å². The van der Waals surface area contributed by atoms with Crippen molar-refractivity contribution in [1.82, 2.24) is 0 Å². The Morgan fingerprint density at radius 1 is 0.889 bits per heavy atom. The van der Waals surface area contributed by atoms with E-state index in [2.05, 4.69) is 48.5 Å². The maximum Gasteiger partial charge on any atom is 0.306 e. The number of hydrogen-bond acceptors (Lipinski definition) is 2. The molecule has 0 bridgehead atoms. The third-order valence-electron chi connectivity index (χ3n) is 5.56. The van der Waals surface area contributed by atoms with E-state index >= 15 is 0 Å². The van der Waals surface area contributed by atoms with E-state index < -0.39 is 0 Å². The minimum absolute atomic E-state index is 0.0598. The van der Waals surface area contributed by atoms with Gasteiger partial charge in [-0.2, -0.15) is 0 Å². The lowest BCUT2D eigenvalue weighted by molar-refractivity contribution is -0.153. The molecule has 0 unspecified atom stereocenters. The Morgan fingerprint density at radius 2 is 1.28 bits per heavy atom. The lowest BCUT2D eigenvalue weighted by atomic mass is 9.51. The summed E-state index contributed by atoms with van der Waals surface area (Å²) in [5.41, 5.74) is 0.161. The molecule has 0 amide bonds. The van der Waals surface area contributed by atoms with Crippen molar-refractivity contribution in [2.75, 3.05) is 6.61 Å². The van der Waals surface area contributed by atoms with Crippen molar-refractivity contribution in [3.05, 3.63) is 0 Å². The van der Waals surface area contributed by atoms with Crippen LogP contribution in [-0.4, -0.2) is 12.6 Å². The largest absolute Gasteiger partial charge is 0.466 e. The minimum atomic E-state index is -0.0666. The third kappa shape index (κ3) is 3.27. The van der Waals surface area contributed by atoms with Crippen molar-refractivity contribution in [2.45, 2.75) is 74.7 Å². The minimum Gasteiger partial charge on any atom is -0.466 e. The second kappa shape index (κ2) is 6.08. The fourth-order valence-electron chi connectivity index (χ4n) is 2.68. The van der Waals surface area contributed by atoms with Crippen LogP contribution in [0.25, 0.3) is 0 Å². The lowest BCUT2D eigenvalue weighted by Gasteiger charge is -2.53. The first-order chi connectivity index (χ1) is 8.08. The van der Waals surface area contributed by atoms with E-state index in [4.69, 9.17) is 4.74 Å². The van der Waals surface area contributed by atoms with Gasteiger partial charge in [0.05, 0.1) is 13.0 Å². The second-order valence-electron chi connectivity index (χ2n) is 6.79. The molecule has 0 fully saturated rings. The molecule has 18 heavy (non-hydrogen) atoms. The molecule has 0 aliphatic heterocycles. The molecule has 0 aromatic rings. The van der Waals surface area contributed by atoms with Crippen LogP contribution in [0.3, 0.4) is 0 Å². The van der Waals surface area contributed by atoms with Gasteiger partial charge >= 0.3 is 5.97 Å². The van der Waals surface area contributed by atoms with Crippen LogP contribution < -0.4 is 0 Å². The summed E-state index contributed by atoms with van der Waals surface area (Å²) in [5.74, 6) is -0.0666. The summed E-state index contributed by atoms with van der Waals surface area (Å²) in [5, 5.41) is 0. The van der Waals surface area contributed by atoms with Gasteiger partial charge in [-0.05, 0) is 23.2 Å². The first-order valence-corrected chi connectivity index (χ1v) is 7.23. The predicted molar refractivity (Wildman–Crippen MR) is 77.5 cm³/mol. The fourth-order valence-corrected chi connectivity index (χ4v) is 2.68. The Balaban J connectivity index is 5.37. The summed E-state index contributed by atoms with van der Waals surface area (Å²) in [6.45, 7) is 18.1. The van der Waals surface area contributed by atoms with E-state index in [1.807, 2.05) is 6.92 Å². The van der Waals surface area contributed by atoms with Crippen LogP contribution in [-0.2, 0) is 9.53 Å². The van der Waals surface area contributed by atoms with Crippen molar-refractivity contribution in [3.63, 3.8) is 0 Å². The standard InChI is InChI=1S/C16H32O2/c1-9-14(4,5)16(8,15(6,7)10-2)12-13(17)18-11-3/h9-12H2,1-8H3. The molecule has 0 aliphatic carbocycles. The van der Waals surface area contributed by atoms with Gasteiger partial charge in [-0.15, -0.1) is 0 Å². The van der Waals surface area contributed by atoms with Crippen molar-refractivity contribution >= 4 is 5.97 Å². The number of ether oxygens (including phenoxy) is 1. The van der Waals surface area contributed by atoms with Crippen LogP contribution in [0.4, 0.5) is 0 Å². The molecule has 0 heterocycles. The summed E-state index contributed by atoms with van der Waals surface area (Å²) in [4.78, 5) is 12.0. The van der Waals surface area contributed by atoms with Gasteiger partial charge in [-0.1, -0.05) is 61.3 Å². The molecule has 0 rings (SSSR count). The Kier molecular flexibility index (Phi) is 5.90. The van der Waals surface area contributed by atoms with Gasteiger partial charge in [-0.25, -0.2) is 0 Å². The number of carbonyl (C=O) groups excluding carboxylic acids is 1. The zero-order valence-electron chi connectivity index (χ0n) is 13.6. The van der Waals surface area contributed by atoms with Gasteiger partial charge in [0.25, 0.3) is 0 Å². The fraction of sp³-hybridized carbons (Fsp3) is 0.938. The highest BCUT2D eigenvalue weighted by atomic mass is 16.5. The SMILES string of the molecule is CCOC(=O)CC(C)(C(C)(C)CC)C(C)(C)CC. The highest BCUT2D eigenvalue weighted by molar-refractivity contribution is 5.70. The molecule has 0 spiro atoms. The molecule has 108 valence electrons. The molecule has 0 aromatic carbocycles. The smallest absolute Gasteiger partial charge is 0.306 e. The highest BCUT2D eigenvalue weighted by Crippen LogP contribution is 2.56. The molecule has 2 nitrogen and oxygen atoms in total. The van der Waals surface area contributed by atoms with E-state index in [1.165, 1.54) is 0 Å². The van der Waals surface area contributed by atoms with Gasteiger partial charge in [0, 0.05) is 0 Å².